The summed E-state index contributed by atoms with van der Waals surface area (Å²) >= 11 is 0. The molecule has 9 heteroatoms. The van der Waals surface area contributed by atoms with Crippen molar-refractivity contribution in [3.8, 4) is 17.0 Å². The molecule has 1 fully saturated rings. The maximum absolute atomic E-state index is 12.4. The SMILES string of the molecule is CO/N=C1\c2cc(O[C@H]3CC[C@H](N(C)C(=O)OC(C)(C)C)CC3)ccc2-c2ncnc(N)c2C1(C)C. The summed E-state index contributed by atoms with van der Waals surface area (Å²) in [6, 6.07) is 6.11. The summed E-state index contributed by atoms with van der Waals surface area (Å²) in [5.74, 6) is 1.20. The van der Waals surface area contributed by atoms with Crippen LogP contribution in [0.15, 0.2) is 29.7 Å². The Morgan fingerprint density at radius 2 is 1.83 bits per heavy atom. The summed E-state index contributed by atoms with van der Waals surface area (Å²) in [6.45, 7) is 9.73. The van der Waals surface area contributed by atoms with Crippen LogP contribution in [0.4, 0.5) is 10.6 Å². The van der Waals surface area contributed by atoms with Gasteiger partial charge in [-0.2, -0.15) is 0 Å². The number of ether oxygens (including phenoxy) is 2. The minimum Gasteiger partial charge on any atom is -0.490 e. The van der Waals surface area contributed by atoms with Crippen LogP contribution < -0.4 is 10.5 Å². The van der Waals surface area contributed by atoms with E-state index < -0.39 is 11.0 Å². The highest BCUT2D eigenvalue weighted by Crippen LogP contribution is 2.45. The lowest BCUT2D eigenvalue weighted by molar-refractivity contribution is 0.0139. The van der Waals surface area contributed by atoms with Gasteiger partial charge < -0.3 is 24.9 Å². The molecule has 36 heavy (non-hydrogen) atoms. The first-order valence-corrected chi connectivity index (χ1v) is 12.4. The van der Waals surface area contributed by atoms with Gasteiger partial charge in [0.2, 0.25) is 0 Å². The fourth-order valence-corrected chi connectivity index (χ4v) is 5.15. The Labute approximate surface area is 213 Å². The van der Waals surface area contributed by atoms with Crippen LogP contribution >= 0.6 is 0 Å². The number of nitrogen functional groups attached to an aromatic ring is 1. The molecule has 1 aromatic heterocycles. The van der Waals surface area contributed by atoms with E-state index in [1.807, 2.05) is 59.9 Å². The lowest BCUT2D eigenvalue weighted by Gasteiger charge is -2.36. The maximum atomic E-state index is 12.4. The van der Waals surface area contributed by atoms with Gasteiger partial charge in [0.15, 0.2) is 0 Å². The molecular weight excluding hydrogens is 458 g/mol. The van der Waals surface area contributed by atoms with Crippen LogP contribution in [-0.4, -0.2) is 58.6 Å². The normalized spacial score (nSPS) is 21.8. The molecule has 9 nitrogen and oxygen atoms in total. The molecule has 0 bridgehead atoms. The van der Waals surface area contributed by atoms with Crippen molar-refractivity contribution >= 4 is 17.6 Å². The Bertz CT molecular complexity index is 1160. The maximum Gasteiger partial charge on any atom is 0.410 e. The van der Waals surface area contributed by atoms with Crippen LogP contribution in [-0.2, 0) is 15.0 Å². The number of fused-ring (bicyclic) bond motifs is 3. The van der Waals surface area contributed by atoms with Gasteiger partial charge in [0, 0.05) is 35.2 Å². The first kappa shape index (κ1) is 25.7. The van der Waals surface area contributed by atoms with Gasteiger partial charge in [-0.15, -0.1) is 0 Å². The number of nitrogens with two attached hydrogens (primary N) is 1. The number of nitrogens with zero attached hydrogens (tertiary/aromatic N) is 4. The van der Waals surface area contributed by atoms with E-state index in [1.54, 1.807) is 4.90 Å². The van der Waals surface area contributed by atoms with E-state index in [-0.39, 0.29) is 18.2 Å². The molecule has 0 radical (unpaired) electrons. The van der Waals surface area contributed by atoms with Gasteiger partial charge >= 0.3 is 6.09 Å². The highest BCUT2D eigenvalue weighted by Gasteiger charge is 2.41. The van der Waals surface area contributed by atoms with E-state index in [4.69, 9.17) is 20.0 Å². The van der Waals surface area contributed by atoms with Gasteiger partial charge in [0.05, 0.1) is 17.5 Å². The Morgan fingerprint density at radius 3 is 2.47 bits per heavy atom. The predicted octanol–water partition coefficient (Wildman–Crippen LogP) is 4.92. The van der Waals surface area contributed by atoms with Crippen molar-refractivity contribution < 1.29 is 19.1 Å². The Hall–Kier alpha value is -3.36. The zero-order chi connectivity index (χ0) is 26.3. The third-order valence-corrected chi connectivity index (χ3v) is 6.95. The zero-order valence-electron chi connectivity index (χ0n) is 22.3. The molecule has 0 aliphatic heterocycles. The largest absolute Gasteiger partial charge is 0.490 e. The molecule has 0 unspecified atom stereocenters. The van der Waals surface area contributed by atoms with Crippen LogP contribution in [0, 0.1) is 0 Å². The molecule has 2 aromatic rings. The average Bonchev–Trinajstić information content (AvgIpc) is 2.80. The standard InChI is InChI=1S/C27H37N5O4/c1-26(2,3)36-25(33)32(6)16-8-10-17(11-9-16)35-18-12-13-19-20(14-18)23(31-34-7)27(4,5)21-22(19)29-15-30-24(21)28/h12-17H,8-11H2,1-7H3,(H2,28,29,30)/b31-23+/t16-,17-. The van der Waals surface area contributed by atoms with Crippen LogP contribution in [0.25, 0.3) is 11.3 Å². The number of carbonyl (C=O) groups is 1. The quantitative estimate of drug-likeness (QED) is 0.599. The van der Waals surface area contributed by atoms with E-state index in [0.717, 1.165) is 59.5 Å². The topological polar surface area (TPSA) is 112 Å². The third kappa shape index (κ3) is 4.96. The van der Waals surface area contributed by atoms with Crippen LogP contribution in [0.1, 0.15) is 71.4 Å². The molecular formula is C27H37N5O4. The number of oxime groups is 1. The second-order valence-corrected chi connectivity index (χ2v) is 11.1. The van der Waals surface area contributed by atoms with Crippen molar-refractivity contribution in [1.29, 1.82) is 0 Å². The number of amides is 1. The zero-order valence-corrected chi connectivity index (χ0v) is 22.3. The van der Waals surface area contributed by atoms with Crippen LogP contribution in [0.2, 0.25) is 0 Å². The van der Waals surface area contributed by atoms with E-state index in [2.05, 4.69) is 15.1 Å². The van der Waals surface area contributed by atoms with E-state index >= 15 is 0 Å². The second-order valence-electron chi connectivity index (χ2n) is 11.1. The van der Waals surface area contributed by atoms with E-state index in [9.17, 15) is 4.79 Å². The molecule has 2 N–H and O–H groups in total. The second kappa shape index (κ2) is 9.59. The number of hydrogen-bond donors (Lipinski definition) is 1. The van der Waals surface area contributed by atoms with Crippen LogP contribution in [0.5, 0.6) is 5.75 Å². The van der Waals surface area contributed by atoms with Gasteiger partial charge in [-0.3, -0.25) is 0 Å². The summed E-state index contributed by atoms with van der Waals surface area (Å²) in [6.07, 6.45) is 4.70. The number of aromatic nitrogens is 2. The van der Waals surface area contributed by atoms with Crippen molar-refractivity contribution in [2.24, 2.45) is 5.16 Å². The third-order valence-electron chi connectivity index (χ3n) is 6.95. The summed E-state index contributed by atoms with van der Waals surface area (Å²) in [7, 11) is 3.35. The molecule has 2 aliphatic rings. The van der Waals surface area contributed by atoms with Gasteiger partial charge in [-0.1, -0.05) is 5.16 Å². The van der Waals surface area contributed by atoms with Crippen molar-refractivity contribution in [2.75, 3.05) is 19.9 Å². The molecule has 1 amide bonds. The molecule has 0 atom stereocenters. The van der Waals surface area contributed by atoms with Crippen LogP contribution in [0.3, 0.4) is 0 Å². The van der Waals surface area contributed by atoms with E-state index in [1.165, 1.54) is 13.4 Å². The Morgan fingerprint density at radius 1 is 1.14 bits per heavy atom. The molecule has 2 aliphatic carbocycles. The van der Waals surface area contributed by atoms with E-state index in [0.29, 0.717) is 5.82 Å². The molecule has 194 valence electrons. The minimum atomic E-state index is -0.549. The number of rotatable bonds is 4. The first-order valence-electron chi connectivity index (χ1n) is 12.4. The summed E-state index contributed by atoms with van der Waals surface area (Å²) < 4.78 is 11.9. The lowest BCUT2D eigenvalue weighted by Crippen LogP contribution is -2.43. The molecule has 1 saturated carbocycles. The highest BCUT2D eigenvalue weighted by molar-refractivity contribution is 6.15. The van der Waals surface area contributed by atoms with Crippen molar-refractivity contribution in [2.45, 2.75) is 83.5 Å². The van der Waals surface area contributed by atoms with Gasteiger partial charge in [0.1, 0.15) is 30.6 Å². The van der Waals surface area contributed by atoms with Gasteiger partial charge in [0.25, 0.3) is 0 Å². The summed E-state index contributed by atoms with van der Waals surface area (Å²) in [5, 5.41) is 4.38. The summed E-state index contributed by atoms with van der Waals surface area (Å²) in [4.78, 5) is 28.2. The smallest absolute Gasteiger partial charge is 0.410 e. The number of benzene rings is 1. The van der Waals surface area contributed by atoms with Gasteiger partial charge in [-0.05, 0) is 78.5 Å². The van der Waals surface area contributed by atoms with Crippen molar-refractivity contribution in [1.82, 2.24) is 14.9 Å². The molecule has 0 spiro atoms. The summed E-state index contributed by atoms with van der Waals surface area (Å²) in [5.41, 5.74) is 9.43. The van der Waals surface area contributed by atoms with Crippen molar-refractivity contribution in [3.05, 3.63) is 35.7 Å². The monoisotopic (exact) mass is 495 g/mol. The fraction of sp³-hybridized carbons (Fsp3) is 0.556. The number of carbonyl (C=O) groups excluding carboxylic acids is 1. The average molecular weight is 496 g/mol. The first-order chi connectivity index (χ1) is 16.9. The molecule has 1 aromatic carbocycles. The molecule has 0 saturated heterocycles. The van der Waals surface area contributed by atoms with Gasteiger partial charge in [-0.25, -0.2) is 14.8 Å². The molecule has 1 heterocycles. The predicted molar refractivity (Wildman–Crippen MR) is 139 cm³/mol. The highest BCUT2D eigenvalue weighted by atomic mass is 16.6. The Balaban J connectivity index is 1.52. The molecule has 4 rings (SSSR count). The minimum absolute atomic E-state index is 0.0657. The number of anilines is 1. The number of hydrogen-bond acceptors (Lipinski definition) is 8. The lowest BCUT2D eigenvalue weighted by atomic mass is 9.70. The van der Waals surface area contributed by atoms with Crippen molar-refractivity contribution in [3.63, 3.8) is 0 Å². The fourth-order valence-electron chi connectivity index (χ4n) is 5.15. The Kier molecular flexibility index (Phi) is 6.86.